The Morgan fingerprint density at radius 2 is 2.09 bits per heavy atom. The van der Waals surface area contributed by atoms with Crippen LogP contribution in [0.5, 0.6) is 0 Å². The summed E-state index contributed by atoms with van der Waals surface area (Å²) in [6, 6.07) is 4.92. The lowest BCUT2D eigenvalue weighted by Crippen LogP contribution is -1.99. The first-order chi connectivity index (χ1) is 5.24. The second-order valence-electron chi connectivity index (χ2n) is 2.05. The third-order valence-corrected chi connectivity index (χ3v) is 1.86. The van der Waals surface area contributed by atoms with Crippen LogP contribution in [0.2, 0.25) is 10.0 Å². The van der Waals surface area contributed by atoms with Gasteiger partial charge in [-0.05, 0) is 17.7 Å². The van der Waals surface area contributed by atoms with E-state index in [1.54, 1.807) is 18.2 Å². The maximum atomic E-state index is 11.6. The number of rotatable bonds is 2. The molecule has 60 valence electrons. The Bertz CT molecular complexity index is 252. The van der Waals surface area contributed by atoms with E-state index in [9.17, 15) is 4.48 Å². The highest BCUT2D eigenvalue weighted by atomic mass is 35.5. The molecule has 0 radical (unpaired) electrons. The van der Waals surface area contributed by atoms with Gasteiger partial charge in [-0.2, -0.15) is 5.54 Å². The van der Waals surface area contributed by atoms with Gasteiger partial charge in [0.05, 0.1) is 6.54 Å². The third-order valence-electron chi connectivity index (χ3n) is 1.27. The fourth-order valence-electron chi connectivity index (χ4n) is 0.737. The van der Waals surface area contributed by atoms with E-state index in [0.717, 1.165) is 0 Å². The standard InChI is InChI=1S/C7H6Cl2FN/c8-6-2-1-5(4-11-10)7(9)3-6/h1-3,11H,4H2. The quantitative estimate of drug-likeness (QED) is 0.713. The van der Waals surface area contributed by atoms with Gasteiger partial charge in [0.15, 0.2) is 0 Å². The van der Waals surface area contributed by atoms with E-state index in [0.29, 0.717) is 15.6 Å². The normalized spacial score (nSPS) is 10.1. The zero-order chi connectivity index (χ0) is 8.27. The van der Waals surface area contributed by atoms with Crippen LogP contribution in [-0.2, 0) is 6.54 Å². The first-order valence-electron chi connectivity index (χ1n) is 3.01. The van der Waals surface area contributed by atoms with Gasteiger partial charge < -0.3 is 0 Å². The minimum Gasteiger partial charge on any atom is -0.155 e. The summed E-state index contributed by atoms with van der Waals surface area (Å²) in [6.07, 6.45) is 0. The van der Waals surface area contributed by atoms with Crippen LogP contribution < -0.4 is 5.54 Å². The highest BCUT2D eigenvalue weighted by Gasteiger charge is 1.99. The number of halogens is 3. The van der Waals surface area contributed by atoms with E-state index < -0.39 is 0 Å². The zero-order valence-corrected chi connectivity index (χ0v) is 7.08. The molecule has 1 aromatic carbocycles. The van der Waals surface area contributed by atoms with Gasteiger partial charge in [-0.25, -0.2) is 0 Å². The Hall–Kier alpha value is -0.310. The van der Waals surface area contributed by atoms with Gasteiger partial charge in [0.1, 0.15) is 0 Å². The Morgan fingerprint density at radius 3 is 2.64 bits per heavy atom. The number of benzene rings is 1. The van der Waals surface area contributed by atoms with Crippen molar-refractivity contribution in [2.45, 2.75) is 6.54 Å². The summed E-state index contributed by atoms with van der Waals surface area (Å²) >= 11 is 11.3. The van der Waals surface area contributed by atoms with Gasteiger partial charge in [0, 0.05) is 10.0 Å². The van der Waals surface area contributed by atoms with Crippen molar-refractivity contribution in [3.05, 3.63) is 33.8 Å². The van der Waals surface area contributed by atoms with Crippen LogP contribution in [0.4, 0.5) is 4.48 Å². The fourth-order valence-corrected chi connectivity index (χ4v) is 1.21. The average molecular weight is 194 g/mol. The molecule has 0 saturated heterocycles. The first-order valence-corrected chi connectivity index (χ1v) is 3.77. The van der Waals surface area contributed by atoms with Crippen LogP contribution in [0.25, 0.3) is 0 Å². The highest BCUT2D eigenvalue weighted by Crippen LogP contribution is 2.20. The molecule has 0 atom stereocenters. The van der Waals surface area contributed by atoms with Crippen LogP contribution in [0.3, 0.4) is 0 Å². The van der Waals surface area contributed by atoms with Crippen molar-refractivity contribution < 1.29 is 4.48 Å². The third kappa shape index (κ3) is 2.33. The molecular formula is C7H6Cl2FN. The van der Waals surface area contributed by atoms with Crippen LogP contribution >= 0.6 is 23.2 Å². The minimum absolute atomic E-state index is 0.107. The van der Waals surface area contributed by atoms with E-state index in [-0.39, 0.29) is 6.54 Å². The van der Waals surface area contributed by atoms with Crippen LogP contribution in [0.1, 0.15) is 5.56 Å². The average Bonchev–Trinajstić information content (AvgIpc) is 1.95. The molecule has 1 nitrogen and oxygen atoms in total. The van der Waals surface area contributed by atoms with Crippen molar-refractivity contribution >= 4 is 23.2 Å². The number of hydrogen-bond donors (Lipinski definition) is 1. The van der Waals surface area contributed by atoms with Crippen molar-refractivity contribution in [2.24, 2.45) is 0 Å². The van der Waals surface area contributed by atoms with Crippen molar-refractivity contribution in [3.8, 4) is 0 Å². The summed E-state index contributed by atoms with van der Waals surface area (Å²) in [6.45, 7) is 0.107. The van der Waals surface area contributed by atoms with Gasteiger partial charge in [0.25, 0.3) is 0 Å². The first kappa shape index (κ1) is 8.78. The van der Waals surface area contributed by atoms with Crippen molar-refractivity contribution in [1.82, 2.24) is 5.54 Å². The van der Waals surface area contributed by atoms with E-state index in [2.05, 4.69) is 0 Å². The summed E-state index contributed by atoms with van der Waals surface area (Å²) in [5, 5.41) is 1.03. The molecule has 11 heavy (non-hydrogen) atoms. The lowest BCUT2D eigenvalue weighted by atomic mass is 10.2. The Morgan fingerprint density at radius 1 is 1.36 bits per heavy atom. The molecule has 0 fully saturated rings. The van der Waals surface area contributed by atoms with Crippen LogP contribution in [0, 0.1) is 0 Å². The lowest BCUT2D eigenvalue weighted by molar-refractivity contribution is 0.330. The summed E-state index contributed by atoms with van der Waals surface area (Å²) in [5.41, 5.74) is 2.21. The molecule has 0 heterocycles. The largest absolute Gasteiger partial charge is 0.155 e. The van der Waals surface area contributed by atoms with Crippen LogP contribution in [-0.4, -0.2) is 0 Å². The van der Waals surface area contributed by atoms with E-state index in [1.807, 2.05) is 0 Å². The van der Waals surface area contributed by atoms with Gasteiger partial charge in [-0.1, -0.05) is 29.3 Å². The van der Waals surface area contributed by atoms with Crippen molar-refractivity contribution in [1.29, 1.82) is 0 Å². The second-order valence-corrected chi connectivity index (χ2v) is 2.89. The summed E-state index contributed by atoms with van der Waals surface area (Å²) in [7, 11) is 0. The monoisotopic (exact) mass is 193 g/mol. The molecule has 0 spiro atoms. The van der Waals surface area contributed by atoms with E-state index in [4.69, 9.17) is 23.2 Å². The van der Waals surface area contributed by atoms with E-state index >= 15 is 0 Å². The Balaban J connectivity index is 2.90. The summed E-state index contributed by atoms with van der Waals surface area (Å²) in [5.74, 6) is 0. The molecule has 0 unspecified atom stereocenters. The second kappa shape index (κ2) is 3.90. The molecular weight excluding hydrogens is 188 g/mol. The molecule has 0 amide bonds. The topological polar surface area (TPSA) is 12.0 Å². The Kier molecular flexibility index (Phi) is 3.12. The highest BCUT2D eigenvalue weighted by molar-refractivity contribution is 6.35. The SMILES string of the molecule is FNCc1ccc(Cl)cc1Cl. The molecule has 1 N–H and O–H groups in total. The molecule has 0 aliphatic carbocycles. The zero-order valence-electron chi connectivity index (χ0n) is 5.57. The molecule has 0 bridgehead atoms. The predicted molar refractivity (Wildman–Crippen MR) is 44.4 cm³/mol. The van der Waals surface area contributed by atoms with Gasteiger partial charge in [0.2, 0.25) is 0 Å². The molecule has 0 aliphatic rings. The maximum absolute atomic E-state index is 11.6. The van der Waals surface area contributed by atoms with Gasteiger partial charge >= 0.3 is 0 Å². The minimum atomic E-state index is 0.107. The summed E-state index contributed by atoms with van der Waals surface area (Å²) in [4.78, 5) is 0. The smallest absolute Gasteiger partial charge is 0.0525 e. The Labute approximate surface area is 74.1 Å². The molecule has 1 rings (SSSR count). The van der Waals surface area contributed by atoms with E-state index in [1.165, 1.54) is 5.54 Å². The lowest BCUT2D eigenvalue weighted by Gasteiger charge is -2.00. The van der Waals surface area contributed by atoms with Crippen molar-refractivity contribution in [2.75, 3.05) is 0 Å². The molecule has 0 aliphatic heterocycles. The molecule has 4 heteroatoms. The molecule has 1 aromatic rings. The fraction of sp³-hybridized carbons (Fsp3) is 0.143. The molecule has 0 saturated carbocycles. The molecule has 0 aromatic heterocycles. The predicted octanol–water partition coefficient (Wildman–Crippen LogP) is 2.97. The number of nitrogens with one attached hydrogen (secondary N) is 1. The van der Waals surface area contributed by atoms with Gasteiger partial charge in [-0.15, -0.1) is 4.48 Å². The number of hydrogen-bond acceptors (Lipinski definition) is 1. The van der Waals surface area contributed by atoms with Gasteiger partial charge in [-0.3, -0.25) is 0 Å². The summed E-state index contributed by atoms with van der Waals surface area (Å²) < 4.78 is 11.6. The van der Waals surface area contributed by atoms with Crippen LogP contribution in [0.15, 0.2) is 18.2 Å². The maximum Gasteiger partial charge on any atom is 0.0525 e. The van der Waals surface area contributed by atoms with Crippen molar-refractivity contribution in [3.63, 3.8) is 0 Å².